The van der Waals surface area contributed by atoms with Crippen molar-refractivity contribution in [2.24, 2.45) is 0 Å². The molecule has 2 aromatic rings. The third-order valence-corrected chi connectivity index (χ3v) is 4.57. The van der Waals surface area contributed by atoms with Crippen LogP contribution in [0, 0.1) is 6.92 Å². The highest BCUT2D eigenvalue weighted by Crippen LogP contribution is 2.43. The van der Waals surface area contributed by atoms with Crippen molar-refractivity contribution in [2.75, 3.05) is 17.7 Å². The van der Waals surface area contributed by atoms with Gasteiger partial charge in [-0.25, -0.2) is 9.78 Å². The molecule has 2 rings (SSSR count). The molecule has 7 nitrogen and oxygen atoms in total. The number of ether oxygens (including phenoxy) is 1. The number of hydrogen-bond acceptors (Lipinski definition) is 6. The third-order valence-electron chi connectivity index (χ3n) is 3.46. The van der Waals surface area contributed by atoms with Crippen molar-refractivity contribution in [3.05, 3.63) is 40.3 Å². The van der Waals surface area contributed by atoms with E-state index in [9.17, 15) is 27.9 Å². The number of aromatic nitrogens is 1. The summed E-state index contributed by atoms with van der Waals surface area (Å²) >= 11 is 0.628. The number of benzene rings is 1. The quantitative estimate of drug-likeness (QED) is 0.710. The molecule has 1 aromatic heterocycles. The van der Waals surface area contributed by atoms with Crippen molar-refractivity contribution < 1.29 is 32.6 Å². The largest absolute Gasteiger partial charge is 0.453 e. The molecule has 0 aliphatic rings. The van der Waals surface area contributed by atoms with E-state index < -0.39 is 35.2 Å². The van der Waals surface area contributed by atoms with E-state index in [0.29, 0.717) is 22.7 Å². The lowest BCUT2D eigenvalue weighted by atomic mass is 9.99. The number of thiazole rings is 1. The Bertz CT molecular complexity index is 823. The number of alkyl halides is 3. The van der Waals surface area contributed by atoms with Crippen molar-refractivity contribution in [1.82, 2.24) is 4.98 Å². The Hall–Kier alpha value is -2.66. The summed E-state index contributed by atoms with van der Waals surface area (Å²) in [5, 5.41) is 15.6. The monoisotopic (exact) mass is 403 g/mol. The zero-order valence-corrected chi connectivity index (χ0v) is 15.1. The molecule has 1 aromatic carbocycles. The number of carbonyl (C=O) groups excluding carboxylic acids is 2. The van der Waals surface area contributed by atoms with Gasteiger partial charge in [0.15, 0.2) is 0 Å². The summed E-state index contributed by atoms with van der Waals surface area (Å²) in [7, 11) is 1.19. The van der Waals surface area contributed by atoms with Crippen LogP contribution in [0.25, 0.3) is 0 Å². The molecule has 2 amide bonds. The minimum absolute atomic E-state index is 0.190. The average Bonchev–Trinajstić information content (AvgIpc) is 3.02. The fraction of sp³-hybridized carbons (Fsp3) is 0.312. The number of halogens is 3. The highest BCUT2D eigenvalue weighted by molar-refractivity contribution is 7.09. The third kappa shape index (κ3) is 4.95. The second-order valence-corrected chi connectivity index (χ2v) is 6.43. The summed E-state index contributed by atoms with van der Waals surface area (Å²) in [6.07, 6.45) is -7.02. The number of anilines is 2. The maximum absolute atomic E-state index is 13.4. The van der Waals surface area contributed by atoms with Gasteiger partial charge in [-0.3, -0.25) is 10.1 Å². The van der Waals surface area contributed by atoms with Crippen LogP contribution in [-0.4, -0.2) is 35.4 Å². The first kappa shape index (κ1) is 20.6. The van der Waals surface area contributed by atoms with Crippen LogP contribution in [0.15, 0.2) is 29.6 Å². The highest BCUT2D eigenvalue weighted by atomic mass is 32.1. The molecule has 1 atom stereocenters. The van der Waals surface area contributed by atoms with Gasteiger partial charge in [-0.15, -0.1) is 11.3 Å². The molecule has 11 heteroatoms. The number of amides is 2. The van der Waals surface area contributed by atoms with Gasteiger partial charge in [0.05, 0.1) is 13.5 Å². The number of rotatable bonds is 5. The van der Waals surface area contributed by atoms with Gasteiger partial charge in [-0.1, -0.05) is 0 Å². The molecule has 0 aliphatic heterocycles. The van der Waals surface area contributed by atoms with Crippen molar-refractivity contribution in [1.29, 1.82) is 0 Å². The van der Waals surface area contributed by atoms with Crippen molar-refractivity contribution in [2.45, 2.75) is 25.1 Å². The van der Waals surface area contributed by atoms with Gasteiger partial charge in [0.25, 0.3) is 0 Å². The summed E-state index contributed by atoms with van der Waals surface area (Å²) < 4.78 is 44.6. The standard InChI is InChI=1S/C16H16F3N3O4S/c1-9-8-27-13(20-9)15(25,16(17,18)19)7-12(23)21-10-3-5-11(6-4-10)22-14(24)26-2/h3-6,8,25H,7H2,1-2H3,(H,21,23)(H,22,24)/t15-/m1/s1. The molecule has 3 N–H and O–H groups in total. The number of nitrogens with zero attached hydrogens (tertiary/aromatic N) is 1. The number of methoxy groups -OCH3 is 1. The maximum Gasteiger partial charge on any atom is 0.424 e. The molecule has 0 spiro atoms. The Morgan fingerprint density at radius 2 is 1.74 bits per heavy atom. The molecule has 0 bridgehead atoms. The van der Waals surface area contributed by atoms with Gasteiger partial charge in [-0.2, -0.15) is 13.2 Å². The number of carbonyl (C=O) groups is 2. The average molecular weight is 403 g/mol. The molecular weight excluding hydrogens is 387 g/mol. The molecular formula is C16H16F3N3O4S. The Balaban J connectivity index is 2.11. The van der Waals surface area contributed by atoms with Gasteiger partial charge in [-0.05, 0) is 31.2 Å². The zero-order valence-electron chi connectivity index (χ0n) is 14.3. The minimum Gasteiger partial charge on any atom is -0.453 e. The Morgan fingerprint density at radius 1 is 1.19 bits per heavy atom. The van der Waals surface area contributed by atoms with Crippen LogP contribution >= 0.6 is 11.3 Å². The Morgan fingerprint density at radius 3 is 2.19 bits per heavy atom. The topological polar surface area (TPSA) is 101 Å². The van der Waals surface area contributed by atoms with Crippen molar-refractivity contribution in [3.63, 3.8) is 0 Å². The van der Waals surface area contributed by atoms with Crippen molar-refractivity contribution >= 4 is 34.7 Å². The molecule has 0 saturated carbocycles. The smallest absolute Gasteiger partial charge is 0.424 e. The summed E-state index contributed by atoms with van der Waals surface area (Å²) in [5.41, 5.74) is -2.52. The lowest BCUT2D eigenvalue weighted by molar-refractivity contribution is -0.266. The summed E-state index contributed by atoms with van der Waals surface area (Å²) in [4.78, 5) is 26.8. The Kier molecular flexibility index (Phi) is 6.06. The van der Waals surface area contributed by atoms with E-state index in [2.05, 4.69) is 20.4 Å². The minimum atomic E-state index is -5.08. The van der Waals surface area contributed by atoms with E-state index in [0.717, 1.165) is 0 Å². The lowest BCUT2D eigenvalue weighted by Gasteiger charge is -2.27. The fourth-order valence-corrected chi connectivity index (χ4v) is 3.00. The van der Waals surface area contributed by atoms with E-state index >= 15 is 0 Å². The highest BCUT2D eigenvalue weighted by Gasteiger charge is 2.58. The predicted octanol–water partition coefficient (Wildman–Crippen LogP) is 3.41. The lowest BCUT2D eigenvalue weighted by Crippen LogP contribution is -2.45. The number of aliphatic hydroxyl groups is 1. The van der Waals surface area contributed by atoms with E-state index in [1.165, 1.54) is 43.7 Å². The van der Waals surface area contributed by atoms with Gasteiger partial charge < -0.3 is 15.2 Å². The van der Waals surface area contributed by atoms with Gasteiger partial charge >= 0.3 is 12.3 Å². The fourth-order valence-electron chi connectivity index (χ4n) is 2.08. The number of aryl methyl sites for hydroxylation is 1. The number of hydrogen-bond donors (Lipinski definition) is 3. The normalized spacial score (nSPS) is 13.6. The molecule has 0 aliphatic carbocycles. The van der Waals surface area contributed by atoms with Crippen LogP contribution < -0.4 is 10.6 Å². The second-order valence-electron chi connectivity index (χ2n) is 5.57. The molecule has 0 unspecified atom stereocenters. The van der Waals surface area contributed by atoms with E-state index in [4.69, 9.17) is 0 Å². The SMILES string of the molecule is COC(=O)Nc1ccc(NC(=O)C[C@@](O)(c2nc(C)cs2)C(F)(F)F)cc1. The molecule has 27 heavy (non-hydrogen) atoms. The second kappa shape index (κ2) is 7.92. The molecule has 0 fully saturated rings. The molecule has 0 saturated heterocycles. The molecule has 146 valence electrons. The first-order valence-corrected chi connectivity index (χ1v) is 8.40. The zero-order chi connectivity index (χ0) is 20.2. The molecule has 0 radical (unpaired) electrons. The Labute approximate surface area is 156 Å². The summed E-state index contributed by atoms with van der Waals surface area (Å²) in [6.45, 7) is 1.49. The van der Waals surface area contributed by atoms with E-state index in [1.54, 1.807) is 0 Å². The summed E-state index contributed by atoms with van der Waals surface area (Å²) in [6, 6.07) is 5.60. The van der Waals surface area contributed by atoms with Crippen molar-refractivity contribution in [3.8, 4) is 0 Å². The van der Waals surface area contributed by atoms with Crippen LogP contribution in [0.5, 0.6) is 0 Å². The van der Waals surface area contributed by atoms with Crippen LogP contribution in [0.2, 0.25) is 0 Å². The van der Waals surface area contributed by atoms with Crippen LogP contribution in [-0.2, 0) is 15.1 Å². The van der Waals surface area contributed by atoms with Crippen LogP contribution in [0.1, 0.15) is 17.1 Å². The first-order valence-electron chi connectivity index (χ1n) is 7.52. The van der Waals surface area contributed by atoms with Gasteiger partial charge in [0, 0.05) is 22.4 Å². The number of nitrogens with one attached hydrogen (secondary N) is 2. The van der Waals surface area contributed by atoms with Gasteiger partial charge in [0.1, 0.15) is 5.01 Å². The maximum atomic E-state index is 13.4. The predicted molar refractivity (Wildman–Crippen MR) is 92.5 cm³/mol. The van der Waals surface area contributed by atoms with Crippen LogP contribution in [0.4, 0.5) is 29.3 Å². The first-order chi connectivity index (χ1) is 12.5. The van der Waals surface area contributed by atoms with E-state index in [-0.39, 0.29) is 5.69 Å². The van der Waals surface area contributed by atoms with E-state index in [1.807, 2.05) is 0 Å². The van der Waals surface area contributed by atoms with Gasteiger partial charge in [0.2, 0.25) is 11.5 Å². The van der Waals surface area contributed by atoms with Crippen LogP contribution in [0.3, 0.4) is 0 Å². The summed E-state index contributed by atoms with van der Waals surface area (Å²) in [5.74, 6) is -1.05. The molecule has 1 heterocycles.